The summed E-state index contributed by atoms with van der Waals surface area (Å²) in [4.78, 5) is 4.51. The van der Waals surface area contributed by atoms with Gasteiger partial charge in [0, 0.05) is 6.42 Å². The highest BCUT2D eigenvalue weighted by Crippen LogP contribution is 2.21. The van der Waals surface area contributed by atoms with Crippen molar-refractivity contribution in [3.63, 3.8) is 0 Å². The first-order valence-electron chi connectivity index (χ1n) is 6.93. The fourth-order valence-electron chi connectivity index (χ4n) is 2.43. The molecule has 1 aliphatic heterocycles. The van der Waals surface area contributed by atoms with Crippen LogP contribution < -0.4 is 5.32 Å². The second kappa shape index (κ2) is 5.53. The van der Waals surface area contributed by atoms with Crippen molar-refractivity contribution in [1.82, 2.24) is 15.5 Å². The molecule has 1 aromatic heterocycles. The van der Waals surface area contributed by atoms with E-state index in [-0.39, 0.29) is 6.04 Å². The Labute approximate surface area is 113 Å². The van der Waals surface area contributed by atoms with Gasteiger partial charge in [-0.2, -0.15) is 4.98 Å². The number of nitrogens with zero attached hydrogens (tertiary/aromatic N) is 2. The molecule has 0 amide bonds. The third-order valence-corrected chi connectivity index (χ3v) is 3.58. The Balaban J connectivity index is 1.68. The molecule has 3 rings (SSSR count). The molecule has 1 saturated heterocycles. The van der Waals surface area contributed by atoms with Crippen LogP contribution in [-0.4, -0.2) is 16.7 Å². The molecule has 1 unspecified atom stereocenters. The number of piperidine rings is 1. The number of aryl methyl sites for hydroxylation is 1. The highest BCUT2D eigenvalue weighted by Gasteiger charge is 2.20. The molecule has 0 saturated carbocycles. The summed E-state index contributed by atoms with van der Waals surface area (Å²) < 4.78 is 5.38. The molecule has 1 atom stereocenters. The SMILES string of the molecule is Cc1ccc(Cc2noc(C3CCCCN3)n2)cc1. The maximum atomic E-state index is 5.38. The van der Waals surface area contributed by atoms with Crippen LogP contribution in [0.5, 0.6) is 0 Å². The molecule has 2 heterocycles. The number of hydrogen-bond donors (Lipinski definition) is 1. The first kappa shape index (κ1) is 12.4. The maximum Gasteiger partial charge on any atom is 0.243 e. The number of hydrogen-bond acceptors (Lipinski definition) is 4. The van der Waals surface area contributed by atoms with Crippen LogP contribution in [0.1, 0.15) is 48.1 Å². The topological polar surface area (TPSA) is 51.0 Å². The monoisotopic (exact) mass is 257 g/mol. The molecule has 0 radical (unpaired) electrons. The summed E-state index contributed by atoms with van der Waals surface area (Å²) in [6.07, 6.45) is 4.29. The van der Waals surface area contributed by atoms with Crippen LogP contribution in [0.4, 0.5) is 0 Å². The smallest absolute Gasteiger partial charge is 0.243 e. The average molecular weight is 257 g/mol. The summed E-state index contributed by atoms with van der Waals surface area (Å²) >= 11 is 0. The highest BCUT2D eigenvalue weighted by molar-refractivity contribution is 5.23. The van der Waals surface area contributed by atoms with Gasteiger partial charge >= 0.3 is 0 Å². The van der Waals surface area contributed by atoms with Gasteiger partial charge in [-0.1, -0.05) is 41.4 Å². The third kappa shape index (κ3) is 3.01. The van der Waals surface area contributed by atoms with E-state index in [1.807, 2.05) is 0 Å². The molecular weight excluding hydrogens is 238 g/mol. The fraction of sp³-hybridized carbons (Fsp3) is 0.467. The summed E-state index contributed by atoms with van der Waals surface area (Å²) in [5.41, 5.74) is 2.48. The van der Waals surface area contributed by atoms with Gasteiger partial charge in [-0.05, 0) is 31.9 Å². The van der Waals surface area contributed by atoms with Crippen molar-refractivity contribution >= 4 is 0 Å². The molecule has 1 aromatic carbocycles. The molecule has 4 nitrogen and oxygen atoms in total. The molecule has 100 valence electrons. The van der Waals surface area contributed by atoms with E-state index in [0.29, 0.717) is 0 Å². The minimum Gasteiger partial charge on any atom is -0.338 e. The lowest BCUT2D eigenvalue weighted by Gasteiger charge is -2.19. The first-order chi connectivity index (χ1) is 9.31. The van der Waals surface area contributed by atoms with Crippen molar-refractivity contribution in [2.75, 3.05) is 6.54 Å². The van der Waals surface area contributed by atoms with Gasteiger partial charge < -0.3 is 9.84 Å². The van der Waals surface area contributed by atoms with Gasteiger partial charge in [0.05, 0.1) is 6.04 Å². The number of aromatic nitrogens is 2. The molecule has 1 aliphatic rings. The second-order valence-electron chi connectivity index (χ2n) is 5.21. The standard InChI is InChI=1S/C15H19N3O/c1-11-5-7-12(8-6-11)10-14-17-15(19-18-14)13-4-2-3-9-16-13/h5-8,13,16H,2-4,9-10H2,1H3. The van der Waals surface area contributed by atoms with E-state index in [1.54, 1.807) is 0 Å². The van der Waals surface area contributed by atoms with E-state index in [1.165, 1.54) is 24.0 Å². The summed E-state index contributed by atoms with van der Waals surface area (Å²) in [6.45, 7) is 3.13. The van der Waals surface area contributed by atoms with Crippen LogP contribution in [-0.2, 0) is 6.42 Å². The fourth-order valence-corrected chi connectivity index (χ4v) is 2.43. The molecular formula is C15H19N3O. The van der Waals surface area contributed by atoms with Crippen molar-refractivity contribution in [3.05, 3.63) is 47.1 Å². The zero-order valence-corrected chi connectivity index (χ0v) is 11.2. The van der Waals surface area contributed by atoms with E-state index in [4.69, 9.17) is 4.52 Å². The second-order valence-corrected chi connectivity index (χ2v) is 5.21. The molecule has 2 aromatic rings. The van der Waals surface area contributed by atoms with E-state index in [9.17, 15) is 0 Å². The van der Waals surface area contributed by atoms with Gasteiger partial charge in [0.25, 0.3) is 0 Å². The van der Waals surface area contributed by atoms with Gasteiger partial charge in [0.15, 0.2) is 5.82 Å². The zero-order chi connectivity index (χ0) is 13.1. The Morgan fingerprint density at radius 2 is 2.11 bits per heavy atom. The van der Waals surface area contributed by atoms with Crippen molar-refractivity contribution in [1.29, 1.82) is 0 Å². The summed E-state index contributed by atoms with van der Waals surface area (Å²) in [7, 11) is 0. The van der Waals surface area contributed by atoms with Crippen LogP contribution in [0.15, 0.2) is 28.8 Å². The van der Waals surface area contributed by atoms with Crippen LogP contribution in [0.3, 0.4) is 0 Å². The largest absolute Gasteiger partial charge is 0.338 e. The molecule has 4 heteroatoms. The van der Waals surface area contributed by atoms with Crippen LogP contribution in [0, 0.1) is 6.92 Å². The van der Waals surface area contributed by atoms with Crippen molar-refractivity contribution in [2.24, 2.45) is 0 Å². The third-order valence-electron chi connectivity index (χ3n) is 3.58. The van der Waals surface area contributed by atoms with Gasteiger partial charge in [0.1, 0.15) is 0 Å². The normalized spacial score (nSPS) is 19.5. The molecule has 19 heavy (non-hydrogen) atoms. The summed E-state index contributed by atoms with van der Waals surface area (Å²) in [5, 5.41) is 7.51. The Morgan fingerprint density at radius 1 is 1.26 bits per heavy atom. The Morgan fingerprint density at radius 3 is 2.84 bits per heavy atom. The molecule has 1 N–H and O–H groups in total. The maximum absolute atomic E-state index is 5.38. The zero-order valence-electron chi connectivity index (χ0n) is 11.2. The summed E-state index contributed by atoms with van der Waals surface area (Å²) in [6, 6.07) is 8.69. The molecule has 1 fully saturated rings. The Hall–Kier alpha value is -1.68. The van der Waals surface area contributed by atoms with E-state index >= 15 is 0 Å². The predicted molar refractivity (Wildman–Crippen MR) is 72.9 cm³/mol. The molecule has 0 aliphatic carbocycles. The Kier molecular flexibility index (Phi) is 3.60. The summed E-state index contributed by atoms with van der Waals surface area (Å²) in [5.74, 6) is 1.51. The lowest BCUT2D eigenvalue weighted by molar-refractivity contribution is 0.296. The van der Waals surface area contributed by atoms with Gasteiger partial charge in [-0.15, -0.1) is 0 Å². The lowest BCUT2D eigenvalue weighted by atomic mass is 10.1. The van der Waals surface area contributed by atoms with Gasteiger partial charge in [0.2, 0.25) is 5.89 Å². The number of rotatable bonds is 3. The van der Waals surface area contributed by atoms with Gasteiger partial charge in [-0.3, -0.25) is 0 Å². The van der Waals surface area contributed by atoms with E-state index in [2.05, 4.69) is 46.6 Å². The highest BCUT2D eigenvalue weighted by atomic mass is 16.5. The predicted octanol–water partition coefficient (Wildman–Crippen LogP) is 2.78. The van der Waals surface area contributed by atoms with Crippen LogP contribution in [0.25, 0.3) is 0 Å². The minimum atomic E-state index is 0.244. The first-order valence-corrected chi connectivity index (χ1v) is 6.93. The van der Waals surface area contributed by atoms with Crippen LogP contribution in [0.2, 0.25) is 0 Å². The van der Waals surface area contributed by atoms with Gasteiger partial charge in [-0.25, -0.2) is 0 Å². The number of benzene rings is 1. The van der Waals surface area contributed by atoms with Crippen molar-refractivity contribution in [2.45, 2.75) is 38.6 Å². The van der Waals surface area contributed by atoms with Crippen molar-refractivity contribution < 1.29 is 4.52 Å². The van der Waals surface area contributed by atoms with E-state index in [0.717, 1.165) is 31.1 Å². The van der Waals surface area contributed by atoms with Crippen LogP contribution >= 0.6 is 0 Å². The Bertz CT molecular complexity index is 527. The molecule has 0 bridgehead atoms. The minimum absolute atomic E-state index is 0.244. The quantitative estimate of drug-likeness (QED) is 0.918. The average Bonchev–Trinajstić information content (AvgIpc) is 2.91. The number of nitrogens with one attached hydrogen (secondary N) is 1. The molecule has 0 spiro atoms. The van der Waals surface area contributed by atoms with E-state index < -0.39 is 0 Å². The lowest BCUT2D eigenvalue weighted by Crippen LogP contribution is -2.27. The van der Waals surface area contributed by atoms with Crippen molar-refractivity contribution in [3.8, 4) is 0 Å².